The Balaban J connectivity index is 2.43. The second-order valence-electron chi connectivity index (χ2n) is 3.18. The number of rotatable bonds is 3. The van der Waals surface area contributed by atoms with Crippen LogP contribution in [-0.4, -0.2) is 18.5 Å². The highest BCUT2D eigenvalue weighted by molar-refractivity contribution is 7.98. The van der Waals surface area contributed by atoms with Crippen molar-refractivity contribution in [2.24, 2.45) is 0 Å². The van der Waals surface area contributed by atoms with E-state index in [-0.39, 0.29) is 0 Å². The predicted octanol–water partition coefficient (Wildman–Crippen LogP) is 2.65. The number of nitrogens with zero attached hydrogens (tertiary/aromatic N) is 1. The molecule has 0 aliphatic carbocycles. The first-order valence-corrected chi connectivity index (χ1v) is 5.91. The van der Waals surface area contributed by atoms with Crippen molar-refractivity contribution < 1.29 is 9.26 Å². The van der Waals surface area contributed by atoms with Crippen LogP contribution in [0.3, 0.4) is 0 Å². The van der Waals surface area contributed by atoms with Crippen molar-refractivity contribution in [2.45, 2.75) is 4.90 Å². The lowest BCUT2D eigenvalue weighted by molar-refractivity contribution is 0.405. The molecule has 0 fully saturated rings. The highest BCUT2D eigenvalue weighted by atomic mass is 32.2. The molecule has 0 radical (unpaired) electrons. The molecule has 0 spiro atoms. The molecule has 0 saturated heterocycles. The number of hydrogen-bond acceptors (Lipinski definition) is 5. The van der Waals surface area contributed by atoms with Crippen LogP contribution in [0.15, 0.2) is 33.7 Å². The maximum absolute atomic E-state index is 5.48. The Bertz CT molecular complexity index is 496. The fourth-order valence-electron chi connectivity index (χ4n) is 1.42. The number of hydrogen-bond donors (Lipinski definition) is 1. The Morgan fingerprint density at radius 2 is 2.19 bits per heavy atom. The number of aromatic nitrogens is 1. The van der Waals surface area contributed by atoms with E-state index in [1.54, 1.807) is 24.9 Å². The fraction of sp³-hybridized carbons (Fsp3) is 0.182. The van der Waals surface area contributed by atoms with Gasteiger partial charge in [-0.15, -0.1) is 11.8 Å². The lowest BCUT2D eigenvalue weighted by atomic mass is 10.1. The van der Waals surface area contributed by atoms with Crippen LogP contribution in [0.1, 0.15) is 0 Å². The normalized spacial score (nSPS) is 10.4. The largest absolute Gasteiger partial charge is 0.496 e. The van der Waals surface area contributed by atoms with Gasteiger partial charge in [-0.3, -0.25) is 0 Å². The van der Waals surface area contributed by atoms with E-state index in [4.69, 9.17) is 15.0 Å². The van der Waals surface area contributed by atoms with Crippen LogP contribution in [0, 0.1) is 0 Å². The second-order valence-corrected chi connectivity index (χ2v) is 4.03. The Morgan fingerprint density at radius 1 is 1.38 bits per heavy atom. The van der Waals surface area contributed by atoms with Crippen molar-refractivity contribution in [2.75, 3.05) is 19.1 Å². The summed E-state index contributed by atoms with van der Waals surface area (Å²) in [7, 11) is 1.66. The molecule has 16 heavy (non-hydrogen) atoms. The highest BCUT2D eigenvalue weighted by Gasteiger charge is 2.08. The average Bonchev–Trinajstić information content (AvgIpc) is 2.75. The summed E-state index contributed by atoms with van der Waals surface area (Å²) in [5.41, 5.74) is 7.18. The van der Waals surface area contributed by atoms with Gasteiger partial charge in [0.25, 0.3) is 0 Å². The zero-order chi connectivity index (χ0) is 11.5. The molecule has 1 heterocycles. The first-order valence-electron chi connectivity index (χ1n) is 4.69. The molecule has 2 rings (SSSR count). The zero-order valence-corrected chi connectivity index (χ0v) is 9.88. The monoisotopic (exact) mass is 236 g/mol. The van der Waals surface area contributed by atoms with E-state index in [1.807, 2.05) is 24.5 Å². The number of thioether (sulfide) groups is 1. The first kappa shape index (κ1) is 10.9. The molecule has 0 unspecified atom stereocenters. The maximum Gasteiger partial charge on any atom is 0.222 e. The van der Waals surface area contributed by atoms with Gasteiger partial charge in [0.1, 0.15) is 11.4 Å². The third kappa shape index (κ3) is 1.99. The minimum absolute atomic E-state index is 0.316. The van der Waals surface area contributed by atoms with Gasteiger partial charge in [-0.2, -0.15) is 0 Å². The second kappa shape index (κ2) is 4.49. The third-order valence-electron chi connectivity index (χ3n) is 2.21. The van der Waals surface area contributed by atoms with Crippen molar-refractivity contribution in [3.8, 4) is 17.0 Å². The predicted molar refractivity (Wildman–Crippen MR) is 64.7 cm³/mol. The molecule has 0 saturated carbocycles. The summed E-state index contributed by atoms with van der Waals surface area (Å²) in [6.45, 7) is 0. The molecule has 2 aromatic rings. The number of nitrogens with two attached hydrogens (primary N) is 1. The topological polar surface area (TPSA) is 61.3 Å². The van der Waals surface area contributed by atoms with Gasteiger partial charge in [-0.05, 0) is 24.5 Å². The summed E-state index contributed by atoms with van der Waals surface area (Å²) in [4.78, 5) is 1.06. The molecule has 0 aliphatic rings. The number of ether oxygens (including phenoxy) is 1. The molecule has 1 aromatic heterocycles. The smallest absolute Gasteiger partial charge is 0.222 e. The SMILES string of the molecule is COc1ccc(-c2cc(N)on2)cc1SC. The number of benzene rings is 1. The van der Waals surface area contributed by atoms with E-state index in [0.29, 0.717) is 5.88 Å². The minimum Gasteiger partial charge on any atom is -0.496 e. The molecule has 1 aromatic carbocycles. The third-order valence-corrected chi connectivity index (χ3v) is 2.97. The van der Waals surface area contributed by atoms with Crippen LogP contribution >= 0.6 is 11.8 Å². The standard InChI is InChI=1S/C11H12N2O2S/c1-14-9-4-3-7(5-10(9)16-2)8-6-11(12)15-13-8/h3-6H,12H2,1-2H3. The van der Waals surface area contributed by atoms with Gasteiger partial charge in [0.2, 0.25) is 5.88 Å². The Kier molecular flexibility index (Phi) is 3.05. The van der Waals surface area contributed by atoms with Gasteiger partial charge in [-0.1, -0.05) is 5.16 Å². The number of anilines is 1. The summed E-state index contributed by atoms with van der Waals surface area (Å²) >= 11 is 1.62. The lowest BCUT2D eigenvalue weighted by Gasteiger charge is -2.06. The van der Waals surface area contributed by atoms with E-state index in [0.717, 1.165) is 21.9 Å². The molecule has 5 heteroatoms. The summed E-state index contributed by atoms with van der Waals surface area (Å²) in [5.74, 6) is 1.17. The van der Waals surface area contributed by atoms with Crippen molar-refractivity contribution in [1.29, 1.82) is 0 Å². The van der Waals surface area contributed by atoms with Crippen LogP contribution in [0.5, 0.6) is 5.75 Å². The molecule has 0 atom stereocenters. The number of methoxy groups -OCH3 is 1. The molecule has 0 bridgehead atoms. The van der Waals surface area contributed by atoms with Gasteiger partial charge in [-0.25, -0.2) is 0 Å². The number of nitrogen functional groups attached to an aromatic ring is 1. The van der Waals surface area contributed by atoms with Crippen LogP contribution in [0.4, 0.5) is 5.88 Å². The van der Waals surface area contributed by atoms with Crippen LogP contribution in [0.2, 0.25) is 0 Å². The maximum atomic E-state index is 5.48. The van der Waals surface area contributed by atoms with Crippen LogP contribution in [0.25, 0.3) is 11.3 Å². The summed E-state index contributed by atoms with van der Waals surface area (Å²) in [5, 5.41) is 3.87. The van der Waals surface area contributed by atoms with Gasteiger partial charge >= 0.3 is 0 Å². The Morgan fingerprint density at radius 3 is 2.75 bits per heavy atom. The molecule has 4 nitrogen and oxygen atoms in total. The van der Waals surface area contributed by atoms with Crippen molar-refractivity contribution in [3.63, 3.8) is 0 Å². The zero-order valence-electron chi connectivity index (χ0n) is 9.06. The fourth-order valence-corrected chi connectivity index (χ4v) is 2.02. The van der Waals surface area contributed by atoms with E-state index in [1.165, 1.54) is 0 Å². The summed E-state index contributed by atoms with van der Waals surface area (Å²) in [6, 6.07) is 7.54. The van der Waals surface area contributed by atoms with Crippen LogP contribution < -0.4 is 10.5 Å². The molecule has 0 amide bonds. The summed E-state index contributed by atoms with van der Waals surface area (Å²) < 4.78 is 10.1. The summed E-state index contributed by atoms with van der Waals surface area (Å²) in [6.07, 6.45) is 2.00. The molecule has 84 valence electrons. The van der Waals surface area contributed by atoms with Gasteiger partial charge < -0.3 is 15.0 Å². The minimum atomic E-state index is 0.316. The molecular formula is C11H12N2O2S. The molecular weight excluding hydrogens is 224 g/mol. The molecule has 0 aliphatic heterocycles. The van der Waals surface area contributed by atoms with Gasteiger partial charge in [0.15, 0.2) is 0 Å². The lowest BCUT2D eigenvalue weighted by Crippen LogP contribution is -1.87. The first-order chi connectivity index (χ1) is 7.74. The Hall–Kier alpha value is -1.62. The van der Waals surface area contributed by atoms with Crippen molar-refractivity contribution >= 4 is 17.6 Å². The highest BCUT2D eigenvalue weighted by Crippen LogP contribution is 2.32. The van der Waals surface area contributed by atoms with Crippen molar-refractivity contribution in [1.82, 2.24) is 5.16 Å². The van der Waals surface area contributed by atoms with Crippen LogP contribution in [-0.2, 0) is 0 Å². The molecule has 2 N–H and O–H groups in total. The van der Waals surface area contributed by atoms with E-state index in [2.05, 4.69) is 5.16 Å². The van der Waals surface area contributed by atoms with Crippen molar-refractivity contribution in [3.05, 3.63) is 24.3 Å². The average molecular weight is 236 g/mol. The van der Waals surface area contributed by atoms with Gasteiger partial charge in [0, 0.05) is 16.5 Å². The quantitative estimate of drug-likeness (QED) is 0.830. The Labute approximate surface area is 97.8 Å². The van der Waals surface area contributed by atoms with E-state index >= 15 is 0 Å². The van der Waals surface area contributed by atoms with Gasteiger partial charge in [0.05, 0.1) is 7.11 Å². The van der Waals surface area contributed by atoms with E-state index < -0.39 is 0 Å². The van der Waals surface area contributed by atoms with E-state index in [9.17, 15) is 0 Å².